The zero-order valence-electron chi connectivity index (χ0n) is 19.7. The summed E-state index contributed by atoms with van der Waals surface area (Å²) in [4.78, 5) is 0. The maximum Gasteiger partial charge on any atom is 0.0647 e. The van der Waals surface area contributed by atoms with Crippen molar-refractivity contribution >= 4 is 33.7 Å². The first-order valence-corrected chi connectivity index (χ1v) is 13.2. The van der Waals surface area contributed by atoms with E-state index < -0.39 is 0 Å². The predicted octanol–water partition coefficient (Wildman–Crippen LogP) is 9.35. The third kappa shape index (κ3) is 2.99. The van der Waals surface area contributed by atoms with Gasteiger partial charge in [-0.2, -0.15) is 0 Å². The van der Waals surface area contributed by atoms with Crippen molar-refractivity contribution in [3.63, 3.8) is 0 Å². The van der Waals surface area contributed by atoms with E-state index in [1.165, 1.54) is 59.6 Å². The van der Waals surface area contributed by atoms with Crippen molar-refractivity contribution < 1.29 is 0 Å². The summed E-state index contributed by atoms with van der Waals surface area (Å²) in [7, 11) is 0. The van der Waals surface area contributed by atoms with Crippen LogP contribution >= 0.6 is 11.6 Å². The molecular weight excluding hydrogens is 434 g/mol. The molecule has 4 atom stereocenters. The van der Waals surface area contributed by atoms with Crippen molar-refractivity contribution in [1.29, 1.82) is 0 Å². The molecule has 2 fully saturated rings. The lowest BCUT2D eigenvalue weighted by Gasteiger charge is -2.50. The second-order valence-corrected chi connectivity index (χ2v) is 11.4. The molecular formula is C32H30ClN. The van der Waals surface area contributed by atoms with Crippen LogP contribution in [-0.4, -0.2) is 0 Å². The van der Waals surface area contributed by atoms with Crippen LogP contribution in [0.3, 0.4) is 0 Å². The molecule has 1 N–H and O–H groups in total. The molecule has 3 aliphatic carbocycles. The Kier molecular flexibility index (Phi) is 4.61. The Morgan fingerprint density at radius 1 is 0.794 bits per heavy atom. The largest absolute Gasteiger partial charge is 0.354 e. The molecule has 1 nitrogen and oxygen atoms in total. The molecule has 1 spiro atoms. The zero-order chi connectivity index (χ0) is 22.9. The zero-order valence-corrected chi connectivity index (χ0v) is 20.4. The van der Waals surface area contributed by atoms with E-state index in [1.807, 2.05) is 0 Å². The Hall–Kier alpha value is -2.77. The fourth-order valence-electron chi connectivity index (χ4n) is 7.67. The Balaban J connectivity index is 1.35. The standard InChI is InChI=1S/C32H30ClN/c1-20-14-21-12-13-32(24(15-20)16-21)28-9-5-4-8-26(28)27-11-10-25(19-29(27)32)34-31-18-23-7-3-2-6-22(23)17-30(31)33/h2-11,17-21,24,34H,12-16H2,1H3. The van der Waals surface area contributed by atoms with Crippen LogP contribution in [0.2, 0.25) is 5.02 Å². The van der Waals surface area contributed by atoms with Crippen LogP contribution in [0.15, 0.2) is 78.9 Å². The molecule has 0 aliphatic heterocycles. The second kappa shape index (κ2) is 7.62. The average Bonchev–Trinajstić information content (AvgIpc) is 3.12. The summed E-state index contributed by atoms with van der Waals surface area (Å²) in [5.41, 5.74) is 8.25. The van der Waals surface area contributed by atoms with E-state index in [4.69, 9.17) is 11.6 Å². The number of rotatable bonds is 2. The Morgan fingerprint density at radius 3 is 2.44 bits per heavy atom. The van der Waals surface area contributed by atoms with E-state index in [0.717, 1.165) is 34.2 Å². The highest BCUT2D eigenvalue weighted by atomic mass is 35.5. The summed E-state index contributed by atoms with van der Waals surface area (Å²) in [5, 5.41) is 6.81. The second-order valence-electron chi connectivity index (χ2n) is 11.0. The molecule has 4 aromatic rings. The molecule has 3 aliphatic rings. The third-order valence-corrected chi connectivity index (χ3v) is 9.31. The summed E-state index contributed by atoms with van der Waals surface area (Å²) in [6.45, 7) is 2.47. The summed E-state index contributed by atoms with van der Waals surface area (Å²) in [6.07, 6.45) is 6.77. The lowest BCUT2D eigenvalue weighted by molar-refractivity contribution is 0.0856. The maximum absolute atomic E-state index is 6.71. The first-order chi connectivity index (χ1) is 16.6. The Labute approximate surface area is 207 Å². The summed E-state index contributed by atoms with van der Waals surface area (Å²) in [5.74, 6) is 2.47. The van der Waals surface area contributed by atoms with Gasteiger partial charge in [0.25, 0.3) is 0 Å². The quantitative estimate of drug-likeness (QED) is 0.312. The lowest BCUT2D eigenvalue weighted by atomic mass is 9.53. The molecule has 0 saturated heterocycles. The van der Waals surface area contributed by atoms with Gasteiger partial charge < -0.3 is 5.32 Å². The molecule has 0 heterocycles. The molecule has 2 heteroatoms. The molecule has 0 amide bonds. The van der Waals surface area contributed by atoms with Crippen molar-refractivity contribution in [3.8, 4) is 11.1 Å². The van der Waals surface area contributed by atoms with Crippen LogP contribution in [0.25, 0.3) is 21.9 Å². The predicted molar refractivity (Wildman–Crippen MR) is 144 cm³/mol. The highest BCUT2D eigenvalue weighted by Crippen LogP contribution is 2.62. The lowest BCUT2D eigenvalue weighted by Crippen LogP contribution is -2.44. The van der Waals surface area contributed by atoms with E-state index in [-0.39, 0.29) is 5.41 Å². The van der Waals surface area contributed by atoms with Gasteiger partial charge in [-0.25, -0.2) is 0 Å². The number of hydrogen-bond donors (Lipinski definition) is 1. The van der Waals surface area contributed by atoms with Gasteiger partial charge in [0.05, 0.1) is 10.7 Å². The van der Waals surface area contributed by atoms with Crippen LogP contribution in [0.1, 0.15) is 50.2 Å². The van der Waals surface area contributed by atoms with Gasteiger partial charge in [0, 0.05) is 11.1 Å². The third-order valence-electron chi connectivity index (χ3n) is 9.00. The summed E-state index contributed by atoms with van der Waals surface area (Å²) < 4.78 is 0. The van der Waals surface area contributed by atoms with E-state index in [9.17, 15) is 0 Å². The van der Waals surface area contributed by atoms with E-state index in [2.05, 4.69) is 91.1 Å². The van der Waals surface area contributed by atoms with E-state index >= 15 is 0 Å². The molecule has 4 aromatic carbocycles. The minimum Gasteiger partial charge on any atom is -0.354 e. The smallest absolute Gasteiger partial charge is 0.0647 e. The number of fused-ring (bicyclic) bond motifs is 9. The highest BCUT2D eigenvalue weighted by Gasteiger charge is 2.52. The van der Waals surface area contributed by atoms with Crippen LogP contribution in [0.4, 0.5) is 11.4 Å². The molecule has 7 rings (SSSR count). The van der Waals surface area contributed by atoms with Crippen LogP contribution in [-0.2, 0) is 5.41 Å². The number of benzene rings is 4. The fourth-order valence-corrected chi connectivity index (χ4v) is 7.89. The molecule has 0 aromatic heterocycles. The van der Waals surface area contributed by atoms with Gasteiger partial charge in [0.1, 0.15) is 0 Å². The minimum atomic E-state index is 0.155. The van der Waals surface area contributed by atoms with Gasteiger partial charge in [0.2, 0.25) is 0 Å². The number of nitrogens with one attached hydrogen (secondary N) is 1. The highest BCUT2D eigenvalue weighted by molar-refractivity contribution is 6.34. The molecule has 170 valence electrons. The molecule has 0 radical (unpaired) electrons. The normalized spacial score (nSPS) is 26.9. The molecule has 4 unspecified atom stereocenters. The summed E-state index contributed by atoms with van der Waals surface area (Å²) >= 11 is 6.71. The first-order valence-electron chi connectivity index (χ1n) is 12.8. The topological polar surface area (TPSA) is 12.0 Å². The Morgan fingerprint density at radius 2 is 1.56 bits per heavy atom. The maximum atomic E-state index is 6.71. The van der Waals surface area contributed by atoms with Crippen molar-refractivity contribution in [1.82, 2.24) is 0 Å². The van der Waals surface area contributed by atoms with Crippen molar-refractivity contribution in [2.75, 3.05) is 5.32 Å². The fraction of sp³-hybridized carbons (Fsp3) is 0.312. The monoisotopic (exact) mass is 463 g/mol. The Bertz CT molecular complexity index is 1420. The first kappa shape index (κ1) is 20.6. The van der Waals surface area contributed by atoms with Crippen molar-refractivity contribution in [2.24, 2.45) is 17.8 Å². The van der Waals surface area contributed by atoms with E-state index in [1.54, 1.807) is 5.56 Å². The van der Waals surface area contributed by atoms with Gasteiger partial charge in [-0.05, 0) is 107 Å². The van der Waals surface area contributed by atoms with Crippen LogP contribution in [0, 0.1) is 17.8 Å². The number of halogens is 1. The molecule has 2 bridgehead atoms. The van der Waals surface area contributed by atoms with Crippen molar-refractivity contribution in [3.05, 3.63) is 95.0 Å². The molecule has 2 saturated carbocycles. The van der Waals surface area contributed by atoms with Gasteiger partial charge in [0.15, 0.2) is 0 Å². The minimum absolute atomic E-state index is 0.155. The number of hydrogen-bond acceptors (Lipinski definition) is 1. The molecule has 34 heavy (non-hydrogen) atoms. The number of anilines is 2. The van der Waals surface area contributed by atoms with Crippen molar-refractivity contribution in [2.45, 2.75) is 44.4 Å². The van der Waals surface area contributed by atoms with Gasteiger partial charge in [-0.3, -0.25) is 0 Å². The van der Waals surface area contributed by atoms with E-state index in [0.29, 0.717) is 0 Å². The van der Waals surface area contributed by atoms with Crippen LogP contribution in [0.5, 0.6) is 0 Å². The summed E-state index contributed by atoms with van der Waals surface area (Å²) in [6, 6.07) is 28.9. The van der Waals surface area contributed by atoms with Gasteiger partial charge in [-0.15, -0.1) is 0 Å². The van der Waals surface area contributed by atoms with Gasteiger partial charge >= 0.3 is 0 Å². The van der Waals surface area contributed by atoms with Gasteiger partial charge in [-0.1, -0.05) is 73.1 Å². The average molecular weight is 464 g/mol. The SMILES string of the molecule is CC1CC2CCC3(c4ccccc4-c4ccc(Nc5cc6ccccc6cc5Cl)cc43)C(C1)C2. The van der Waals surface area contributed by atoms with Crippen LogP contribution < -0.4 is 5.32 Å².